The normalized spacial score (nSPS) is 14.7. The Hall–Kier alpha value is 0.430. The molecular formula is C5H10NNaO2. The summed E-state index contributed by atoms with van der Waals surface area (Å²) in [7, 11) is 0. The van der Waals surface area contributed by atoms with Crippen molar-refractivity contribution in [2.24, 2.45) is 0 Å². The molecule has 0 aliphatic carbocycles. The van der Waals surface area contributed by atoms with Gasteiger partial charge in [0.05, 0.1) is 0 Å². The first-order valence-electron chi connectivity index (χ1n) is 2.54. The van der Waals surface area contributed by atoms with Crippen LogP contribution < -0.4 is 34.9 Å². The van der Waals surface area contributed by atoms with E-state index in [-0.39, 0.29) is 36.0 Å². The van der Waals surface area contributed by atoms with Crippen molar-refractivity contribution in [3.63, 3.8) is 0 Å². The van der Waals surface area contributed by atoms with Crippen LogP contribution >= 0.6 is 0 Å². The molecule has 1 heterocycles. The zero-order valence-electron chi connectivity index (χ0n) is 5.63. The van der Waals surface area contributed by atoms with Crippen molar-refractivity contribution in [2.75, 3.05) is 6.54 Å². The number of rotatable bonds is 0. The van der Waals surface area contributed by atoms with Crippen molar-refractivity contribution in [3.8, 4) is 0 Å². The number of nitrogens with one attached hydrogen (secondary N) is 1. The molecule has 0 radical (unpaired) electrons. The number of carbonyl (C=O) groups is 1. The molecule has 4 heteroatoms. The maximum absolute atomic E-state index is 8.36. The second-order valence-electron chi connectivity index (χ2n) is 1.41. The minimum Gasteiger partial charge on any atom is -0.483 e. The van der Waals surface area contributed by atoms with E-state index in [4.69, 9.17) is 9.90 Å². The second kappa shape index (κ2) is 11.3. The van der Waals surface area contributed by atoms with Gasteiger partial charge in [-0.15, -0.1) is 0 Å². The molecule has 0 aromatic heterocycles. The number of hydrogen-bond acceptors (Lipinski definition) is 2. The zero-order chi connectivity index (χ0) is 6.24. The van der Waals surface area contributed by atoms with Crippen molar-refractivity contribution in [2.45, 2.75) is 12.8 Å². The van der Waals surface area contributed by atoms with Crippen molar-refractivity contribution < 1.29 is 39.5 Å². The van der Waals surface area contributed by atoms with Crippen molar-refractivity contribution in [1.82, 2.24) is 5.32 Å². The van der Waals surface area contributed by atoms with Crippen LogP contribution in [0.15, 0.2) is 0 Å². The third-order valence-corrected chi connectivity index (χ3v) is 0.814. The Bertz CT molecular complexity index is 49.3. The summed E-state index contributed by atoms with van der Waals surface area (Å²) in [5, 5.41) is 9.99. The molecule has 0 atom stereocenters. The third-order valence-electron chi connectivity index (χ3n) is 0.814. The molecule has 0 aromatic carbocycles. The van der Waals surface area contributed by atoms with Crippen LogP contribution in [0.1, 0.15) is 12.8 Å². The monoisotopic (exact) mass is 139 g/mol. The standard InChI is InChI=1S/C4H8N.CH2O2.Na/c1-2-4-5-3-1;2-1-3;/h3,5H,1-2,4H2;1H,(H,2,3);/q-1;;+1. The molecule has 0 saturated carbocycles. The topological polar surface area (TPSA) is 49.3 Å². The molecule has 3 nitrogen and oxygen atoms in total. The summed E-state index contributed by atoms with van der Waals surface area (Å²) in [6, 6.07) is 0. The maximum atomic E-state index is 8.36. The van der Waals surface area contributed by atoms with Crippen molar-refractivity contribution in [3.05, 3.63) is 6.54 Å². The predicted molar refractivity (Wildman–Crippen MR) is 30.2 cm³/mol. The molecule has 9 heavy (non-hydrogen) atoms. The maximum Gasteiger partial charge on any atom is 1.00 e. The average Bonchev–Trinajstić information content (AvgIpc) is 2.17. The number of hydrogen-bond donors (Lipinski definition) is 2. The summed E-state index contributed by atoms with van der Waals surface area (Å²) in [6.45, 7) is 3.06. The quantitative estimate of drug-likeness (QED) is 0.217. The van der Waals surface area contributed by atoms with E-state index in [0.29, 0.717) is 0 Å². The molecule has 1 aliphatic heterocycles. The van der Waals surface area contributed by atoms with Gasteiger partial charge in [-0.1, -0.05) is 6.42 Å². The SMILES string of the molecule is O=CO.[CH-]1CCCN1.[Na+]. The van der Waals surface area contributed by atoms with Crippen molar-refractivity contribution >= 4 is 6.47 Å². The average molecular weight is 139 g/mol. The van der Waals surface area contributed by atoms with E-state index in [1.807, 2.05) is 0 Å². The van der Waals surface area contributed by atoms with Crippen LogP contribution in [0.2, 0.25) is 0 Å². The molecule has 0 bridgehead atoms. The summed E-state index contributed by atoms with van der Waals surface area (Å²) in [4.78, 5) is 8.36. The minimum absolute atomic E-state index is 0. The van der Waals surface area contributed by atoms with Gasteiger partial charge in [-0.25, -0.2) is 0 Å². The smallest absolute Gasteiger partial charge is 0.483 e. The Morgan fingerprint density at radius 1 is 1.67 bits per heavy atom. The summed E-state index contributed by atoms with van der Waals surface area (Å²) in [6.07, 6.45) is 2.60. The van der Waals surface area contributed by atoms with Crippen LogP contribution in [0.5, 0.6) is 0 Å². The van der Waals surface area contributed by atoms with Gasteiger partial charge in [-0.2, -0.15) is 6.42 Å². The van der Waals surface area contributed by atoms with Gasteiger partial charge in [0.1, 0.15) is 0 Å². The van der Waals surface area contributed by atoms with E-state index in [2.05, 4.69) is 11.9 Å². The summed E-state index contributed by atoms with van der Waals surface area (Å²) in [5.74, 6) is 0. The first kappa shape index (κ1) is 12.1. The summed E-state index contributed by atoms with van der Waals surface area (Å²) in [5.41, 5.74) is 0. The van der Waals surface area contributed by atoms with E-state index < -0.39 is 0 Å². The Balaban J connectivity index is 0. The van der Waals surface area contributed by atoms with Gasteiger partial charge < -0.3 is 10.4 Å². The molecule has 1 saturated heterocycles. The molecule has 0 aromatic rings. The van der Waals surface area contributed by atoms with E-state index in [0.717, 1.165) is 0 Å². The Kier molecular flexibility index (Phi) is 15.2. The Morgan fingerprint density at radius 2 is 2.22 bits per heavy atom. The zero-order valence-corrected chi connectivity index (χ0v) is 7.63. The van der Waals surface area contributed by atoms with Gasteiger partial charge in [0, 0.05) is 0 Å². The summed E-state index contributed by atoms with van der Waals surface area (Å²) < 4.78 is 0. The van der Waals surface area contributed by atoms with Crippen LogP contribution in [0.3, 0.4) is 0 Å². The van der Waals surface area contributed by atoms with E-state index in [1.165, 1.54) is 19.4 Å². The molecule has 1 rings (SSSR count). The van der Waals surface area contributed by atoms with Gasteiger partial charge in [0.15, 0.2) is 0 Å². The fourth-order valence-electron chi connectivity index (χ4n) is 0.510. The van der Waals surface area contributed by atoms with Gasteiger partial charge in [0.2, 0.25) is 0 Å². The number of carboxylic acid groups (broad SMARTS) is 1. The van der Waals surface area contributed by atoms with E-state index in [9.17, 15) is 0 Å². The summed E-state index contributed by atoms with van der Waals surface area (Å²) >= 11 is 0. The van der Waals surface area contributed by atoms with Crippen LogP contribution in [-0.4, -0.2) is 18.1 Å². The van der Waals surface area contributed by atoms with Crippen LogP contribution in [0.25, 0.3) is 0 Å². The molecule has 1 fully saturated rings. The third kappa shape index (κ3) is 11.8. The van der Waals surface area contributed by atoms with Gasteiger partial charge in [0.25, 0.3) is 6.47 Å². The van der Waals surface area contributed by atoms with Crippen LogP contribution in [0, 0.1) is 6.54 Å². The Morgan fingerprint density at radius 3 is 2.33 bits per heavy atom. The molecule has 1 aliphatic rings. The predicted octanol–water partition coefficient (Wildman–Crippen LogP) is -2.76. The first-order chi connectivity index (χ1) is 3.91. The molecule has 48 valence electrons. The molecule has 0 spiro atoms. The largest absolute Gasteiger partial charge is 1.00 e. The fourth-order valence-corrected chi connectivity index (χ4v) is 0.510. The molecule has 2 N–H and O–H groups in total. The molecule has 0 unspecified atom stereocenters. The van der Waals surface area contributed by atoms with E-state index in [1.54, 1.807) is 0 Å². The van der Waals surface area contributed by atoms with Gasteiger partial charge in [-0.05, 0) is 6.54 Å². The first-order valence-corrected chi connectivity index (χ1v) is 2.54. The van der Waals surface area contributed by atoms with Gasteiger partial charge >= 0.3 is 29.6 Å². The van der Waals surface area contributed by atoms with Crippen LogP contribution in [-0.2, 0) is 4.79 Å². The Labute approximate surface area is 77.1 Å². The molecule has 0 amide bonds. The molecular weight excluding hydrogens is 129 g/mol. The van der Waals surface area contributed by atoms with E-state index >= 15 is 0 Å². The van der Waals surface area contributed by atoms with Gasteiger partial charge in [-0.3, -0.25) is 11.3 Å². The fraction of sp³-hybridized carbons (Fsp3) is 0.600. The van der Waals surface area contributed by atoms with Crippen LogP contribution in [0.4, 0.5) is 0 Å². The van der Waals surface area contributed by atoms with Crippen molar-refractivity contribution in [1.29, 1.82) is 0 Å². The minimum atomic E-state index is -0.250. The second-order valence-corrected chi connectivity index (χ2v) is 1.41.